The van der Waals surface area contributed by atoms with E-state index in [1.165, 1.54) is 16.7 Å². The van der Waals surface area contributed by atoms with Gasteiger partial charge >= 0.3 is 0 Å². The summed E-state index contributed by atoms with van der Waals surface area (Å²) in [5.74, 6) is 0.455. The lowest BCUT2D eigenvalue weighted by atomic mass is 9.82. The van der Waals surface area contributed by atoms with E-state index in [-0.39, 0.29) is 11.8 Å². The largest absolute Gasteiger partial charge is 0.349 e. The first kappa shape index (κ1) is 11.2. The van der Waals surface area contributed by atoms with Crippen molar-refractivity contribution < 1.29 is 4.79 Å². The number of fused-ring (bicyclic) bond motifs is 1. The van der Waals surface area contributed by atoms with Crippen molar-refractivity contribution in [2.24, 2.45) is 5.92 Å². The molecule has 0 heterocycles. The molecule has 0 fully saturated rings. The lowest BCUT2D eigenvalue weighted by Crippen LogP contribution is -2.33. The summed E-state index contributed by atoms with van der Waals surface area (Å²) in [4.78, 5) is 13.6. The number of hydrogen-bond donors (Lipinski definition) is 0. The Morgan fingerprint density at radius 1 is 1.31 bits per heavy atom. The van der Waals surface area contributed by atoms with Crippen LogP contribution in [0.5, 0.6) is 0 Å². The highest BCUT2D eigenvalue weighted by Gasteiger charge is 2.25. The van der Waals surface area contributed by atoms with E-state index in [0.29, 0.717) is 0 Å². The van der Waals surface area contributed by atoms with Crippen LogP contribution in [0.15, 0.2) is 18.2 Å². The van der Waals surface area contributed by atoms with Crippen molar-refractivity contribution in [3.05, 3.63) is 34.9 Å². The van der Waals surface area contributed by atoms with Gasteiger partial charge in [0, 0.05) is 20.0 Å². The number of carbonyl (C=O) groups is 1. The van der Waals surface area contributed by atoms with Crippen LogP contribution < -0.4 is 0 Å². The number of hydrogen-bond acceptors (Lipinski definition) is 1. The molecule has 0 aromatic heterocycles. The van der Waals surface area contributed by atoms with Gasteiger partial charge in [0.2, 0.25) is 5.91 Å². The molecular weight excluding hydrogens is 198 g/mol. The molecule has 2 nitrogen and oxygen atoms in total. The van der Waals surface area contributed by atoms with Crippen LogP contribution >= 0.6 is 0 Å². The van der Waals surface area contributed by atoms with E-state index in [1.807, 2.05) is 14.1 Å². The van der Waals surface area contributed by atoms with Crippen molar-refractivity contribution in [3.8, 4) is 0 Å². The van der Waals surface area contributed by atoms with E-state index >= 15 is 0 Å². The van der Waals surface area contributed by atoms with Gasteiger partial charge < -0.3 is 4.90 Å². The lowest BCUT2D eigenvalue weighted by molar-refractivity contribution is -0.133. The highest BCUT2D eigenvalue weighted by atomic mass is 16.2. The van der Waals surface area contributed by atoms with Crippen LogP contribution in [0.25, 0.3) is 0 Å². The Kier molecular flexibility index (Phi) is 2.99. The van der Waals surface area contributed by atoms with Crippen molar-refractivity contribution in [3.63, 3.8) is 0 Å². The van der Waals surface area contributed by atoms with Gasteiger partial charge in [-0.25, -0.2) is 0 Å². The molecule has 1 unspecified atom stereocenters. The van der Waals surface area contributed by atoms with Crippen LogP contribution in [0.4, 0.5) is 0 Å². The summed E-state index contributed by atoms with van der Waals surface area (Å²) >= 11 is 0. The van der Waals surface area contributed by atoms with E-state index < -0.39 is 0 Å². The molecule has 1 amide bonds. The maximum absolute atomic E-state index is 11.9. The summed E-state index contributed by atoms with van der Waals surface area (Å²) in [6.45, 7) is 2.12. The van der Waals surface area contributed by atoms with Crippen LogP contribution in [0.1, 0.15) is 23.1 Å². The SMILES string of the molecule is Cc1ccc2c(c1)CCC(C(=O)N(C)C)C2. The molecule has 0 aliphatic heterocycles. The van der Waals surface area contributed by atoms with Gasteiger partial charge in [-0.3, -0.25) is 4.79 Å². The van der Waals surface area contributed by atoms with Crippen LogP contribution in [0.2, 0.25) is 0 Å². The van der Waals surface area contributed by atoms with Gasteiger partial charge in [0.05, 0.1) is 0 Å². The third-order valence-electron chi connectivity index (χ3n) is 3.38. The molecule has 2 heteroatoms. The highest BCUT2D eigenvalue weighted by Crippen LogP contribution is 2.27. The van der Waals surface area contributed by atoms with Crippen LogP contribution in [0, 0.1) is 12.8 Å². The Morgan fingerprint density at radius 2 is 2.06 bits per heavy atom. The fraction of sp³-hybridized carbons (Fsp3) is 0.500. The van der Waals surface area contributed by atoms with E-state index in [0.717, 1.165) is 19.3 Å². The minimum Gasteiger partial charge on any atom is -0.349 e. The quantitative estimate of drug-likeness (QED) is 0.706. The third-order valence-corrected chi connectivity index (χ3v) is 3.38. The highest BCUT2D eigenvalue weighted by molar-refractivity contribution is 5.79. The molecule has 1 aromatic rings. The average molecular weight is 217 g/mol. The van der Waals surface area contributed by atoms with Crippen molar-refractivity contribution in [1.29, 1.82) is 0 Å². The minimum atomic E-state index is 0.185. The van der Waals surface area contributed by atoms with Gasteiger partial charge in [0.15, 0.2) is 0 Å². The Hall–Kier alpha value is -1.31. The van der Waals surface area contributed by atoms with E-state index in [2.05, 4.69) is 25.1 Å². The molecule has 1 aliphatic rings. The van der Waals surface area contributed by atoms with Gasteiger partial charge in [-0.1, -0.05) is 23.8 Å². The predicted octanol–water partition coefficient (Wildman–Crippen LogP) is 2.19. The maximum atomic E-state index is 11.9. The Balaban J connectivity index is 2.18. The summed E-state index contributed by atoms with van der Waals surface area (Å²) in [7, 11) is 3.68. The zero-order valence-electron chi connectivity index (χ0n) is 10.3. The first-order chi connectivity index (χ1) is 7.58. The van der Waals surface area contributed by atoms with Crippen molar-refractivity contribution >= 4 is 5.91 Å². The van der Waals surface area contributed by atoms with Crippen molar-refractivity contribution in [1.82, 2.24) is 4.90 Å². The summed E-state index contributed by atoms with van der Waals surface area (Å²) in [6.07, 6.45) is 2.95. The van der Waals surface area contributed by atoms with Crippen molar-refractivity contribution in [2.45, 2.75) is 26.2 Å². The third kappa shape index (κ3) is 2.11. The predicted molar refractivity (Wildman–Crippen MR) is 65.4 cm³/mol. The first-order valence-electron chi connectivity index (χ1n) is 5.87. The smallest absolute Gasteiger partial charge is 0.225 e. The molecule has 0 radical (unpaired) electrons. The molecule has 0 N–H and O–H groups in total. The van der Waals surface area contributed by atoms with E-state index in [9.17, 15) is 4.79 Å². The Morgan fingerprint density at radius 3 is 2.75 bits per heavy atom. The number of amides is 1. The molecule has 2 rings (SSSR count). The topological polar surface area (TPSA) is 20.3 Å². The second-order valence-electron chi connectivity index (χ2n) is 4.94. The normalized spacial score (nSPS) is 19.1. The molecule has 16 heavy (non-hydrogen) atoms. The summed E-state index contributed by atoms with van der Waals surface area (Å²) < 4.78 is 0. The van der Waals surface area contributed by atoms with Crippen molar-refractivity contribution in [2.75, 3.05) is 14.1 Å². The fourth-order valence-electron chi connectivity index (χ4n) is 2.46. The zero-order chi connectivity index (χ0) is 11.7. The van der Waals surface area contributed by atoms with Crippen LogP contribution in [-0.2, 0) is 17.6 Å². The molecule has 1 aliphatic carbocycles. The number of rotatable bonds is 1. The fourth-order valence-corrected chi connectivity index (χ4v) is 2.46. The molecule has 0 spiro atoms. The lowest BCUT2D eigenvalue weighted by Gasteiger charge is -2.26. The number of carbonyl (C=O) groups excluding carboxylic acids is 1. The first-order valence-corrected chi connectivity index (χ1v) is 5.87. The molecule has 0 bridgehead atoms. The summed E-state index contributed by atoms with van der Waals surface area (Å²) in [5, 5.41) is 0. The number of nitrogens with zero attached hydrogens (tertiary/aromatic N) is 1. The monoisotopic (exact) mass is 217 g/mol. The number of benzene rings is 1. The summed E-state index contributed by atoms with van der Waals surface area (Å²) in [6, 6.07) is 6.58. The second kappa shape index (κ2) is 4.28. The minimum absolute atomic E-state index is 0.185. The Labute approximate surface area is 97.3 Å². The molecule has 0 saturated carbocycles. The van der Waals surface area contributed by atoms with E-state index in [1.54, 1.807) is 4.90 Å². The maximum Gasteiger partial charge on any atom is 0.225 e. The number of aryl methyl sites for hydroxylation is 2. The summed E-state index contributed by atoms with van der Waals surface area (Å²) in [5.41, 5.74) is 4.11. The zero-order valence-corrected chi connectivity index (χ0v) is 10.3. The van der Waals surface area contributed by atoms with E-state index in [4.69, 9.17) is 0 Å². The molecular formula is C14H19NO. The van der Waals surface area contributed by atoms with Gasteiger partial charge in [-0.15, -0.1) is 0 Å². The molecule has 0 saturated heterocycles. The van der Waals surface area contributed by atoms with Gasteiger partial charge in [-0.2, -0.15) is 0 Å². The average Bonchev–Trinajstić information content (AvgIpc) is 2.27. The van der Waals surface area contributed by atoms with Crippen LogP contribution in [0.3, 0.4) is 0 Å². The van der Waals surface area contributed by atoms with Gasteiger partial charge in [-0.05, 0) is 37.3 Å². The van der Waals surface area contributed by atoms with Crippen LogP contribution in [-0.4, -0.2) is 24.9 Å². The molecule has 1 atom stereocenters. The van der Waals surface area contributed by atoms with Gasteiger partial charge in [0.25, 0.3) is 0 Å². The molecule has 86 valence electrons. The van der Waals surface area contributed by atoms with Gasteiger partial charge in [0.1, 0.15) is 0 Å². The standard InChI is InChI=1S/C14H19NO/c1-10-4-5-12-9-13(14(16)15(2)3)7-6-11(12)8-10/h4-5,8,13H,6-7,9H2,1-3H3. The Bertz CT molecular complexity index is 409. The second-order valence-corrected chi connectivity index (χ2v) is 4.94. The molecule has 1 aromatic carbocycles.